The third kappa shape index (κ3) is 4.96. The van der Waals surface area contributed by atoms with E-state index in [1.165, 1.54) is 12.1 Å². The molecule has 2 aromatic carbocycles. The van der Waals surface area contributed by atoms with Gasteiger partial charge >= 0.3 is 5.97 Å². The van der Waals surface area contributed by atoms with E-state index >= 15 is 0 Å². The quantitative estimate of drug-likeness (QED) is 0.304. The highest BCUT2D eigenvalue weighted by molar-refractivity contribution is 7.15. The first kappa shape index (κ1) is 22.6. The van der Waals surface area contributed by atoms with Crippen molar-refractivity contribution in [3.63, 3.8) is 0 Å². The molecule has 0 saturated heterocycles. The molecule has 32 heavy (non-hydrogen) atoms. The number of esters is 1. The fraction of sp³-hybridized carbons (Fsp3) is 0.125. The van der Waals surface area contributed by atoms with E-state index in [1.54, 1.807) is 61.9 Å². The van der Waals surface area contributed by atoms with E-state index in [9.17, 15) is 20.0 Å². The average Bonchev–Trinajstić information content (AvgIpc) is 3.22. The van der Waals surface area contributed by atoms with Gasteiger partial charge in [-0.15, -0.1) is 11.3 Å². The molecule has 0 spiro atoms. The number of carbonyl (C=O) groups excluding carboxylic acids is 2. The molecular weight excluding hydrogens is 428 g/mol. The van der Waals surface area contributed by atoms with Crippen molar-refractivity contribution in [1.82, 2.24) is 0 Å². The molecule has 3 rings (SSSR count). The summed E-state index contributed by atoms with van der Waals surface area (Å²) in [6.07, 6.45) is 1.28. The number of carbonyl (C=O) groups is 2. The van der Waals surface area contributed by atoms with E-state index in [2.05, 4.69) is 5.32 Å². The first-order valence-corrected chi connectivity index (χ1v) is 10.5. The van der Waals surface area contributed by atoms with Crippen molar-refractivity contribution in [3.05, 3.63) is 70.6 Å². The number of phenolic OH excluding ortho intramolecular Hbond substituents is 1. The second-order valence-electron chi connectivity index (χ2n) is 6.49. The van der Waals surface area contributed by atoms with Crippen molar-refractivity contribution in [2.24, 2.45) is 0 Å². The van der Waals surface area contributed by atoms with E-state index in [0.29, 0.717) is 16.9 Å². The standard InChI is InChI=1S/C24H20N2O5S/c1-3-31-24(29)21-19(15-8-10-18(30-2)11-9-15)14-32-23(21)26-22(28)17(13-25)12-16-6-4-5-7-20(16)27/h4-12,14,27H,3H2,1-2H3,(H,26,28)/b17-12-. The summed E-state index contributed by atoms with van der Waals surface area (Å²) in [6.45, 7) is 1.86. The van der Waals surface area contributed by atoms with E-state index in [-0.39, 0.29) is 28.5 Å². The third-order valence-corrected chi connectivity index (χ3v) is 5.40. The Morgan fingerprint density at radius 1 is 1.19 bits per heavy atom. The van der Waals surface area contributed by atoms with E-state index in [0.717, 1.165) is 16.9 Å². The number of hydrogen-bond acceptors (Lipinski definition) is 7. The summed E-state index contributed by atoms with van der Waals surface area (Å²) >= 11 is 1.15. The Kier molecular flexibility index (Phi) is 7.26. The molecule has 3 aromatic rings. The lowest BCUT2D eigenvalue weighted by Gasteiger charge is -2.09. The first-order chi connectivity index (χ1) is 15.5. The number of ether oxygens (including phenoxy) is 2. The number of benzene rings is 2. The van der Waals surface area contributed by atoms with Crippen LogP contribution in [0.4, 0.5) is 5.00 Å². The van der Waals surface area contributed by atoms with Crippen LogP contribution >= 0.6 is 11.3 Å². The first-order valence-electron chi connectivity index (χ1n) is 9.62. The summed E-state index contributed by atoms with van der Waals surface area (Å²) in [7, 11) is 1.56. The molecule has 0 unspecified atom stereocenters. The Bertz CT molecular complexity index is 1210. The summed E-state index contributed by atoms with van der Waals surface area (Å²) < 4.78 is 10.4. The van der Waals surface area contributed by atoms with Crippen LogP contribution in [0.3, 0.4) is 0 Å². The van der Waals surface area contributed by atoms with Crippen LogP contribution in [0.5, 0.6) is 11.5 Å². The number of rotatable bonds is 7. The van der Waals surface area contributed by atoms with Crippen LogP contribution in [0.1, 0.15) is 22.8 Å². The van der Waals surface area contributed by atoms with Crippen LogP contribution in [-0.4, -0.2) is 30.7 Å². The molecule has 0 atom stereocenters. The molecule has 8 heteroatoms. The maximum atomic E-state index is 12.8. The van der Waals surface area contributed by atoms with Crippen LogP contribution in [0.2, 0.25) is 0 Å². The number of nitriles is 1. The second-order valence-corrected chi connectivity index (χ2v) is 7.36. The molecule has 0 radical (unpaired) electrons. The van der Waals surface area contributed by atoms with Gasteiger partial charge in [-0.25, -0.2) is 4.79 Å². The fourth-order valence-corrected chi connectivity index (χ4v) is 3.88. The molecule has 0 bridgehead atoms. The molecule has 0 fully saturated rings. The minimum absolute atomic E-state index is 0.0572. The Balaban J connectivity index is 1.97. The molecule has 1 amide bonds. The molecule has 0 aliphatic heterocycles. The molecule has 1 aromatic heterocycles. The van der Waals surface area contributed by atoms with Gasteiger partial charge in [0.25, 0.3) is 5.91 Å². The number of amides is 1. The lowest BCUT2D eigenvalue weighted by molar-refractivity contribution is -0.112. The van der Waals surface area contributed by atoms with Crippen molar-refractivity contribution in [3.8, 4) is 28.7 Å². The summed E-state index contributed by atoms with van der Waals surface area (Å²) in [6, 6.07) is 15.3. The molecule has 2 N–H and O–H groups in total. The van der Waals surface area contributed by atoms with Gasteiger partial charge in [0.1, 0.15) is 33.7 Å². The van der Waals surface area contributed by atoms with Crippen molar-refractivity contribution in [2.75, 3.05) is 19.0 Å². The molecular formula is C24H20N2O5S. The minimum atomic E-state index is -0.704. The number of nitrogens with zero attached hydrogens (tertiary/aromatic N) is 1. The summed E-state index contributed by atoms with van der Waals surface area (Å²) in [5.41, 5.74) is 1.65. The fourth-order valence-electron chi connectivity index (χ4n) is 2.92. The Morgan fingerprint density at radius 2 is 1.91 bits per heavy atom. The topological polar surface area (TPSA) is 109 Å². The molecule has 0 aliphatic carbocycles. The zero-order valence-electron chi connectivity index (χ0n) is 17.4. The lowest BCUT2D eigenvalue weighted by atomic mass is 10.0. The summed E-state index contributed by atoms with van der Waals surface area (Å²) in [5.74, 6) is -0.677. The van der Waals surface area contributed by atoms with Gasteiger partial charge in [-0.1, -0.05) is 30.3 Å². The van der Waals surface area contributed by atoms with Gasteiger partial charge in [-0.3, -0.25) is 4.79 Å². The highest BCUT2D eigenvalue weighted by Crippen LogP contribution is 2.37. The van der Waals surface area contributed by atoms with Gasteiger partial charge < -0.3 is 19.9 Å². The van der Waals surface area contributed by atoms with Crippen LogP contribution in [0.15, 0.2) is 59.5 Å². The molecule has 0 saturated carbocycles. The van der Waals surface area contributed by atoms with Gasteiger partial charge in [0, 0.05) is 16.5 Å². The smallest absolute Gasteiger partial charge is 0.341 e. The van der Waals surface area contributed by atoms with Crippen molar-refractivity contribution in [1.29, 1.82) is 5.26 Å². The van der Waals surface area contributed by atoms with Gasteiger partial charge in [0.2, 0.25) is 0 Å². The molecule has 1 heterocycles. The summed E-state index contributed by atoms with van der Waals surface area (Å²) in [4.78, 5) is 25.5. The van der Waals surface area contributed by atoms with Crippen LogP contribution in [-0.2, 0) is 9.53 Å². The zero-order chi connectivity index (χ0) is 23.1. The number of aromatic hydroxyl groups is 1. The minimum Gasteiger partial charge on any atom is -0.507 e. The number of para-hydroxylation sites is 1. The number of methoxy groups -OCH3 is 1. The molecule has 162 valence electrons. The van der Waals surface area contributed by atoms with Gasteiger partial charge in [0.15, 0.2) is 0 Å². The Hall–Kier alpha value is -4.09. The van der Waals surface area contributed by atoms with Crippen LogP contribution < -0.4 is 10.1 Å². The zero-order valence-corrected chi connectivity index (χ0v) is 18.2. The van der Waals surface area contributed by atoms with E-state index in [1.807, 2.05) is 6.07 Å². The lowest BCUT2D eigenvalue weighted by Crippen LogP contribution is -2.16. The number of thiophene rings is 1. The number of hydrogen-bond donors (Lipinski definition) is 2. The SMILES string of the molecule is CCOC(=O)c1c(-c2ccc(OC)cc2)csc1NC(=O)/C(C#N)=C\c1ccccc1O. The predicted octanol–water partition coefficient (Wildman–Crippen LogP) is 4.85. The largest absolute Gasteiger partial charge is 0.507 e. The van der Waals surface area contributed by atoms with E-state index in [4.69, 9.17) is 9.47 Å². The predicted molar refractivity (Wildman–Crippen MR) is 123 cm³/mol. The number of anilines is 1. The third-order valence-electron chi connectivity index (χ3n) is 4.50. The number of phenols is 1. The normalized spacial score (nSPS) is 10.8. The highest BCUT2D eigenvalue weighted by Gasteiger charge is 2.24. The highest BCUT2D eigenvalue weighted by atomic mass is 32.1. The Labute approximate surface area is 189 Å². The van der Waals surface area contributed by atoms with E-state index < -0.39 is 11.9 Å². The number of nitrogens with one attached hydrogen (secondary N) is 1. The van der Waals surface area contributed by atoms with Crippen molar-refractivity contribution in [2.45, 2.75) is 6.92 Å². The maximum Gasteiger partial charge on any atom is 0.341 e. The molecule has 0 aliphatic rings. The second kappa shape index (κ2) is 10.3. The van der Waals surface area contributed by atoms with Crippen LogP contribution in [0.25, 0.3) is 17.2 Å². The van der Waals surface area contributed by atoms with Crippen molar-refractivity contribution >= 4 is 34.3 Å². The maximum absolute atomic E-state index is 12.8. The summed E-state index contributed by atoms with van der Waals surface area (Å²) in [5, 5.41) is 24.0. The van der Waals surface area contributed by atoms with Gasteiger partial charge in [-0.05, 0) is 36.8 Å². The van der Waals surface area contributed by atoms with Gasteiger partial charge in [0.05, 0.1) is 13.7 Å². The molecule has 7 nitrogen and oxygen atoms in total. The average molecular weight is 449 g/mol. The monoisotopic (exact) mass is 448 g/mol. The Morgan fingerprint density at radius 3 is 2.53 bits per heavy atom. The van der Waals surface area contributed by atoms with Crippen LogP contribution in [0, 0.1) is 11.3 Å². The van der Waals surface area contributed by atoms with Crippen molar-refractivity contribution < 1.29 is 24.2 Å². The van der Waals surface area contributed by atoms with Gasteiger partial charge in [-0.2, -0.15) is 5.26 Å².